The van der Waals surface area contributed by atoms with Crippen LogP contribution in [0.1, 0.15) is 31.4 Å². The number of carbonyl (C=O) groups excluding carboxylic acids is 2. The number of hydrogen-bond donors (Lipinski definition) is 0. The molecule has 0 saturated heterocycles. The fourth-order valence-electron chi connectivity index (χ4n) is 4.21. The van der Waals surface area contributed by atoms with E-state index in [0.29, 0.717) is 36.9 Å². The van der Waals surface area contributed by atoms with E-state index in [1.165, 1.54) is 10.5 Å². The lowest BCUT2D eigenvalue weighted by Gasteiger charge is -2.32. The molecule has 0 aliphatic carbocycles. The van der Waals surface area contributed by atoms with Crippen molar-refractivity contribution in [2.75, 3.05) is 38.3 Å². The molecule has 168 valence electrons. The maximum absolute atomic E-state index is 13.5. The van der Waals surface area contributed by atoms with Crippen LogP contribution in [0.2, 0.25) is 0 Å². The standard InChI is InChI=1S/C26H30N2O4/c1-18(2)17-32-21-12-10-20(11-13-21)23-24(26(30)28(25(23)29)15-16-31-3)27-14-6-8-19-7-4-5-9-22(19)27/h4-5,7,9-13,18H,6,8,14-17H2,1-3H3. The zero-order valence-electron chi connectivity index (χ0n) is 19.0. The van der Waals surface area contributed by atoms with Gasteiger partial charge in [0, 0.05) is 19.3 Å². The molecule has 2 heterocycles. The number of rotatable bonds is 8. The highest BCUT2D eigenvalue weighted by atomic mass is 16.5. The molecular weight excluding hydrogens is 404 g/mol. The van der Waals surface area contributed by atoms with Crippen molar-refractivity contribution in [2.24, 2.45) is 5.92 Å². The van der Waals surface area contributed by atoms with Gasteiger partial charge < -0.3 is 14.4 Å². The Kier molecular flexibility index (Phi) is 6.61. The second kappa shape index (κ2) is 9.57. The van der Waals surface area contributed by atoms with Crippen LogP contribution < -0.4 is 9.64 Å². The number of fused-ring (bicyclic) bond motifs is 1. The van der Waals surface area contributed by atoms with E-state index in [1.54, 1.807) is 7.11 Å². The van der Waals surface area contributed by atoms with Crippen LogP contribution in [0.5, 0.6) is 5.75 Å². The van der Waals surface area contributed by atoms with Gasteiger partial charge >= 0.3 is 0 Å². The molecule has 6 nitrogen and oxygen atoms in total. The third-order valence-corrected chi connectivity index (χ3v) is 5.77. The van der Waals surface area contributed by atoms with Gasteiger partial charge in [-0.3, -0.25) is 14.5 Å². The highest BCUT2D eigenvalue weighted by molar-refractivity contribution is 6.36. The van der Waals surface area contributed by atoms with Crippen LogP contribution in [0.4, 0.5) is 5.69 Å². The molecular formula is C26H30N2O4. The first-order valence-electron chi connectivity index (χ1n) is 11.2. The van der Waals surface area contributed by atoms with Gasteiger partial charge in [-0.1, -0.05) is 44.2 Å². The first-order valence-corrected chi connectivity index (χ1v) is 11.2. The number of aryl methyl sites for hydroxylation is 1. The van der Waals surface area contributed by atoms with Gasteiger partial charge in [0.15, 0.2) is 0 Å². The minimum absolute atomic E-state index is 0.228. The zero-order chi connectivity index (χ0) is 22.7. The van der Waals surface area contributed by atoms with Crippen LogP contribution in [0, 0.1) is 5.92 Å². The molecule has 0 N–H and O–H groups in total. The lowest BCUT2D eigenvalue weighted by molar-refractivity contribution is -0.137. The number of ether oxygens (including phenoxy) is 2. The summed E-state index contributed by atoms with van der Waals surface area (Å²) in [5, 5.41) is 0. The molecule has 2 aromatic carbocycles. The predicted molar refractivity (Wildman–Crippen MR) is 124 cm³/mol. The molecule has 4 rings (SSSR count). The smallest absolute Gasteiger partial charge is 0.278 e. The van der Waals surface area contributed by atoms with Gasteiger partial charge in [0.2, 0.25) is 0 Å². The normalized spacial score (nSPS) is 16.2. The van der Waals surface area contributed by atoms with Gasteiger partial charge in [-0.25, -0.2) is 0 Å². The van der Waals surface area contributed by atoms with E-state index < -0.39 is 0 Å². The lowest BCUT2D eigenvalue weighted by atomic mass is 9.98. The molecule has 32 heavy (non-hydrogen) atoms. The third-order valence-electron chi connectivity index (χ3n) is 5.77. The van der Waals surface area contributed by atoms with Crippen LogP contribution in [-0.4, -0.2) is 50.1 Å². The summed E-state index contributed by atoms with van der Waals surface area (Å²) in [5.41, 5.74) is 3.81. The number of anilines is 1. The fourth-order valence-corrected chi connectivity index (χ4v) is 4.21. The largest absolute Gasteiger partial charge is 0.493 e. The number of amides is 2. The van der Waals surface area contributed by atoms with Crippen molar-refractivity contribution in [3.8, 4) is 5.75 Å². The van der Waals surface area contributed by atoms with E-state index in [9.17, 15) is 9.59 Å². The zero-order valence-corrected chi connectivity index (χ0v) is 19.0. The van der Waals surface area contributed by atoms with E-state index in [-0.39, 0.29) is 18.4 Å². The fraction of sp³-hybridized carbons (Fsp3) is 0.385. The van der Waals surface area contributed by atoms with Gasteiger partial charge in [0.05, 0.1) is 25.3 Å². The summed E-state index contributed by atoms with van der Waals surface area (Å²) in [4.78, 5) is 30.2. The molecule has 0 atom stereocenters. The summed E-state index contributed by atoms with van der Waals surface area (Å²) in [6, 6.07) is 15.6. The van der Waals surface area contributed by atoms with Crippen LogP contribution >= 0.6 is 0 Å². The van der Waals surface area contributed by atoms with Crippen molar-refractivity contribution in [3.05, 3.63) is 65.4 Å². The van der Waals surface area contributed by atoms with E-state index in [4.69, 9.17) is 9.47 Å². The van der Waals surface area contributed by atoms with Gasteiger partial charge in [-0.2, -0.15) is 0 Å². The van der Waals surface area contributed by atoms with E-state index >= 15 is 0 Å². The second-order valence-corrected chi connectivity index (χ2v) is 8.59. The minimum atomic E-state index is -0.277. The van der Waals surface area contributed by atoms with E-state index in [2.05, 4.69) is 19.9 Å². The number of imide groups is 1. The van der Waals surface area contributed by atoms with E-state index in [0.717, 1.165) is 29.8 Å². The topological polar surface area (TPSA) is 59.1 Å². The molecule has 0 saturated carbocycles. The Labute approximate surface area is 189 Å². The third kappa shape index (κ3) is 4.28. The molecule has 0 radical (unpaired) electrons. The lowest BCUT2D eigenvalue weighted by Crippen LogP contribution is -2.38. The van der Waals surface area contributed by atoms with Crippen molar-refractivity contribution in [3.63, 3.8) is 0 Å². The Morgan fingerprint density at radius 3 is 2.47 bits per heavy atom. The number of benzene rings is 2. The molecule has 2 amide bonds. The quantitative estimate of drug-likeness (QED) is 0.590. The summed E-state index contributed by atoms with van der Waals surface area (Å²) < 4.78 is 10.9. The van der Waals surface area contributed by atoms with Crippen molar-refractivity contribution in [2.45, 2.75) is 26.7 Å². The molecule has 6 heteroatoms. The summed E-state index contributed by atoms with van der Waals surface area (Å²) in [5.74, 6) is 0.632. The Balaban J connectivity index is 1.75. The highest BCUT2D eigenvalue weighted by Gasteiger charge is 2.42. The summed E-state index contributed by atoms with van der Waals surface area (Å²) in [6.07, 6.45) is 1.89. The summed E-state index contributed by atoms with van der Waals surface area (Å²) in [7, 11) is 1.57. The number of hydrogen-bond acceptors (Lipinski definition) is 5. The number of carbonyl (C=O) groups is 2. The molecule has 0 fully saturated rings. The molecule has 0 spiro atoms. The maximum Gasteiger partial charge on any atom is 0.278 e. The van der Waals surface area contributed by atoms with E-state index in [1.807, 2.05) is 47.4 Å². The van der Waals surface area contributed by atoms with Gasteiger partial charge in [-0.05, 0) is 48.1 Å². The van der Waals surface area contributed by atoms with Gasteiger partial charge in [-0.15, -0.1) is 0 Å². The van der Waals surface area contributed by atoms with Crippen molar-refractivity contribution < 1.29 is 19.1 Å². The van der Waals surface area contributed by atoms with Crippen LogP contribution in [0.15, 0.2) is 54.2 Å². The monoisotopic (exact) mass is 434 g/mol. The molecule has 0 unspecified atom stereocenters. The average Bonchev–Trinajstić information content (AvgIpc) is 3.05. The average molecular weight is 435 g/mol. The first-order chi connectivity index (χ1) is 15.5. The van der Waals surface area contributed by atoms with Gasteiger partial charge in [0.25, 0.3) is 11.8 Å². The van der Waals surface area contributed by atoms with Crippen molar-refractivity contribution in [1.82, 2.24) is 4.90 Å². The highest BCUT2D eigenvalue weighted by Crippen LogP contribution is 2.38. The van der Waals surface area contributed by atoms with Gasteiger partial charge in [0.1, 0.15) is 11.4 Å². The number of methoxy groups -OCH3 is 1. The molecule has 2 aliphatic rings. The summed E-state index contributed by atoms with van der Waals surface area (Å²) >= 11 is 0. The maximum atomic E-state index is 13.5. The van der Waals surface area contributed by atoms with Crippen LogP contribution in [0.25, 0.3) is 5.57 Å². The first kappa shape index (κ1) is 22.1. The molecule has 2 aromatic rings. The minimum Gasteiger partial charge on any atom is -0.493 e. The molecule has 2 aliphatic heterocycles. The van der Waals surface area contributed by atoms with Crippen LogP contribution in [0.3, 0.4) is 0 Å². The molecule has 0 bridgehead atoms. The van der Waals surface area contributed by atoms with Crippen molar-refractivity contribution in [1.29, 1.82) is 0 Å². The Morgan fingerprint density at radius 1 is 1.00 bits per heavy atom. The predicted octanol–water partition coefficient (Wildman–Crippen LogP) is 3.90. The van der Waals surface area contributed by atoms with Crippen LogP contribution in [-0.2, 0) is 20.7 Å². The number of nitrogens with zero attached hydrogens (tertiary/aromatic N) is 2. The summed E-state index contributed by atoms with van der Waals surface area (Å²) in [6.45, 7) is 6.05. The molecule has 0 aromatic heterocycles. The second-order valence-electron chi connectivity index (χ2n) is 8.59. The Bertz CT molecular complexity index is 1030. The number of para-hydroxylation sites is 1. The SMILES string of the molecule is COCCN1C(=O)C(c2ccc(OCC(C)C)cc2)=C(N2CCCc3ccccc32)C1=O. The Hall–Kier alpha value is -3.12. The Morgan fingerprint density at radius 2 is 1.75 bits per heavy atom. The van der Waals surface area contributed by atoms with Crippen molar-refractivity contribution >= 4 is 23.1 Å².